The summed E-state index contributed by atoms with van der Waals surface area (Å²) in [7, 11) is 2.24. The van der Waals surface area contributed by atoms with Gasteiger partial charge >= 0.3 is 0 Å². The molecule has 1 N–H and O–H groups in total. The van der Waals surface area contributed by atoms with E-state index in [0.717, 1.165) is 44.6 Å². The van der Waals surface area contributed by atoms with E-state index in [4.69, 9.17) is 9.47 Å². The molecule has 0 bridgehead atoms. The van der Waals surface area contributed by atoms with Crippen LogP contribution in [-0.2, 0) is 9.47 Å². The first-order chi connectivity index (χ1) is 11.0. The third-order valence-corrected chi connectivity index (χ3v) is 5.62. The molecule has 0 aromatic carbocycles. The van der Waals surface area contributed by atoms with Crippen LogP contribution in [0.5, 0.6) is 0 Å². The summed E-state index contributed by atoms with van der Waals surface area (Å²) in [6, 6.07) is 1.18. The van der Waals surface area contributed by atoms with Crippen molar-refractivity contribution < 1.29 is 9.47 Å². The summed E-state index contributed by atoms with van der Waals surface area (Å²) in [5, 5.41) is 3.73. The molecule has 2 saturated heterocycles. The number of hydrogen-bond acceptors (Lipinski definition) is 4. The van der Waals surface area contributed by atoms with Crippen LogP contribution in [0.4, 0.5) is 0 Å². The van der Waals surface area contributed by atoms with Crippen molar-refractivity contribution in [2.45, 2.75) is 71.1 Å². The molecule has 2 aliphatic heterocycles. The first kappa shape index (κ1) is 19.2. The average molecular weight is 327 g/mol. The van der Waals surface area contributed by atoms with Crippen molar-refractivity contribution in [1.82, 2.24) is 10.2 Å². The van der Waals surface area contributed by atoms with Crippen LogP contribution >= 0.6 is 0 Å². The maximum atomic E-state index is 6.03. The Morgan fingerprint density at radius 1 is 1.04 bits per heavy atom. The molecule has 3 atom stereocenters. The molecule has 0 radical (unpaired) electrons. The smallest absolute Gasteiger partial charge is 0.0593 e. The summed E-state index contributed by atoms with van der Waals surface area (Å²) in [5.74, 6) is 1.59. The molecule has 3 unspecified atom stereocenters. The van der Waals surface area contributed by atoms with Gasteiger partial charge in [-0.05, 0) is 78.3 Å². The highest BCUT2D eigenvalue weighted by Gasteiger charge is 2.25. The summed E-state index contributed by atoms with van der Waals surface area (Å²) in [4.78, 5) is 2.47. The van der Waals surface area contributed by atoms with E-state index >= 15 is 0 Å². The molecule has 0 aromatic rings. The van der Waals surface area contributed by atoms with Gasteiger partial charge in [-0.15, -0.1) is 0 Å². The maximum absolute atomic E-state index is 6.03. The second-order valence-electron chi connectivity index (χ2n) is 8.02. The Kier molecular flexibility index (Phi) is 8.31. The van der Waals surface area contributed by atoms with Crippen LogP contribution in [0.1, 0.15) is 52.9 Å². The van der Waals surface area contributed by atoms with Crippen LogP contribution in [0.25, 0.3) is 0 Å². The zero-order valence-electron chi connectivity index (χ0n) is 15.7. The second kappa shape index (κ2) is 9.97. The molecule has 2 aliphatic rings. The van der Waals surface area contributed by atoms with E-state index in [1.54, 1.807) is 0 Å². The third-order valence-electron chi connectivity index (χ3n) is 5.62. The standard InChI is InChI=1S/C19H38N2O2/c1-15(2)21(4)14-18-7-10-23-19(12-18)11-16(3)20-13-17-5-8-22-9-6-17/h15-20H,5-14H2,1-4H3. The zero-order valence-corrected chi connectivity index (χ0v) is 15.7. The lowest BCUT2D eigenvalue weighted by Crippen LogP contribution is -2.40. The predicted molar refractivity (Wildman–Crippen MR) is 95.9 cm³/mol. The van der Waals surface area contributed by atoms with Crippen LogP contribution in [0.3, 0.4) is 0 Å². The van der Waals surface area contributed by atoms with Crippen molar-refractivity contribution in [3.8, 4) is 0 Å². The largest absolute Gasteiger partial charge is 0.381 e. The number of nitrogens with zero attached hydrogens (tertiary/aromatic N) is 1. The Bertz CT molecular complexity index is 318. The molecule has 4 nitrogen and oxygen atoms in total. The molecule has 2 fully saturated rings. The van der Waals surface area contributed by atoms with E-state index in [1.165, 1.54) is 32.2 Å². The van der Waals surface area contributed by atoms with Gasteiger partial charge in [-0.3, -0.25) is 0 Å². The van der Waals surface area contributed by atoms with Crippen molar-refractivity contribution >= 4 is 0 Å². The Balaban J connectivity index is 1.65. The molecule has 0 spiro atoms. The normalized spacial score (nSPS) is 28.4. The van der Waals surface area contributed by atoms with Gasteiger partial charge in [0.1, 0.15) is 0 Å². The Morgan fingerprint density at radius 3 is 2.43 bits per heavy atom. The fraction of sp³-hybridized carbons (Fsp3) is 1.00. The Hall–Kier alpha value is -0.160. The van der Waals surface area contributed by atoms with Gasteiger partial charge in [0.15, 0.2) is 0 Å². The lowest BCUT2D eigenvalue weighted by Gasteiger charge is -2.34. The van der Waals surface area contributed by atoms with Gasteiger partial charge in [-0.1, -0.05) is 0 Å². The summed E-state index contributed by atoms with van der Waals surface area (Å²) in [6.45, 7) is 12.0. The lowest BCUT2D eigenvalue weighted by molar-refractivity contribution is -0.0246. The van der Waals surface area contributed by atoms with Gasteiger partial charge in [0.05, 0.1) is 6.10 Å². The van der Waals surface area contributed by atoms with Crippen LogP contribution in [0.2, 0.25) is 0 Å². The molecule has 0 aliphatic carbocycles. The molecule has 136 valence electrons. The van der Waals surface area contributed by atoms with Crippen molar-refractivity contribution in [2.75, 3.05) is 40.0 Å². The number of rotatable bonds is 8. The van der Waals surface area contributed by atoms with Crippen molar-refractivity contribution in [2.24, 2.45) is 11.8 Å². The molecular formula is C19H38N2O2. The van der Waals surface area contributed by atoms with Gasteiger partial charge in [-0.2, -0.15) is 0 Å². The summed E-state index contributed by atoms with van der Waals surface area (Å²) >= 11 is 0. The number of ether oxygens (including phenoxy) is 2. The number of hydrogen-bond donors (Lipinski definition) is 1. The predicted octanol–water partition coefficient (Wildman–Crippen LogP) is 2.92. The van der Waals surface area contributed by atoms with E-state index in [-0.39, 0.29) is 0 Å². The molecular weight excluding hydrogens is 288 g/mol. The Morgan fingerprint density at radius 2 is 1.74 bits per heavy atom. The highest BCUT2D eigenvalue weighted by Crippen LogP contribution is 2.24. The van der Waals surface area contributed by atoms with Crippen LogP contribution in [0.15, 0.2) is 0 Å². The highest BCUT2D eigenvalue weighted by molar-refractivity contribution is 4.79. The maximum Gasteiger partial charge on any atom is 0.0593 e. The second-order valence-corrected chi connectivity index (χ2v) is 8.02. The van der Waals surface area contributed by atoms with Crippen molar-refractivity contribution in [3.63, 3.8) is 0 Å². The summed E-state index contributed by atoms with van der Waals surface area (Å²) in [5.41, 5.74) is 0. The van der Waals surface area contributed by atoms with Crippen molar-refractivity contribution in [1.29, 1.82) is 0 Å². The van der Waals surface area contributed by atoms with Crippen LogP contribution < -0.4 is 5.32 Å². The van der Waals surface area contributed by atoms with Gasteiger partial charge in [-0.25, -0.2) is 0 Å². The van der Waals surface area contributed by atoms with E-state index in [1.807, 2.05) is 0 Å². The lowest BCUT2D eigenvalue weighted by atomic mass is 9.91. The average Bonchev–Trinajstić information content (AvgIpc) is 2.54. The quantitative estimate of drug-likeness (QED) is 0.744. The Labute approximate surface area is 143 Å². The minimum Gasteiger partial charge on any atom is -0.381 e. The van der Waals surface area contributed by atoms with E-state index in [9.17, 15) is 0 Å². The van der Waals surface area contributed by atoms with Crippen molar-refractivity contribution in [3.05, 3.63) is 0 Å². The third kappa shape index (κ3) is 7.08. The molecule has 0 amide bonds. The van der Waals surface area contributed by atoms with E-state index in [2.05, 4.69) is 38.0 Å². The molecule has 2 rings (SSSR count). The van der Waals surface area contributed by atoms with Gasteiger partial charge in [0, 0.05) is 38.4 Å². The first-order valence-corrected chi connectivity index (χ1v) is 9.67. The minimum absolute atomic E-state index is 0.437. The van der Waals surface area contributed by atoms with Gasteiger partial charge < -0.3 is 19.7 Å². The minimum atomic E-state index is 0.437. The SMILES string of the molecule is CC(CC1CC(CN(C)C(C)C)CCO1)NCC1CCOCC1. The summed E-state index contributed by atoms with van der Waals surface area (Å²) < 4.78 is 11.5. The molecule has 2 heterocycles. The summed E-state index contributed by atoms with van der Waals surface area (Å²) in [6.07, 6.45) is 6.45. The molecule has 0 aromatic heterocycles. The monoisotopic (exact) mass is 326 g/mol. The fourth-order valence-corrected chi connectivity index (χ4v) is 3.70. The van der Waals surface area contributed by atoms with Gasteiger partial charge in [0.2, 0.25) is 0 Å². The number of nitrogens with one attached hydrogen (secondary N) is 1. The fourth-order valence-electron chi connectivity index (χ4n) is 3.70. The van der Waals surface area contributed by atoms with Crippen LogP contribution in [-0.4, -0.2) is 63.0 Å². The molecule has 23 heavy (non-hydrogen) atoms. The zero-order chi connectivity index (χ0) is 16.7. The first-order valence-electron chi connectivity index (χ1n) is 9.67. The van der Waals surface area contributed by atoms with E-state index < -0.39 is 0 Å². The van der Waals surface area contributed by atoms with Gasteiger partial charge in [0.25, 0.3) is 0 Å². The molecule has 4 heteroatoms. The van der Waals surface area contributed by atoms with Crippen LogP contribution in [0, 0.1) is 11.8 Å². The topological polar surface area (TPSA) is 33.7 Å². The molecule has 0 saturated carbocycles. The van der Waals surface area contributed by atoms with E-state index in [0.29, 0.717) is 18.2 Å². The highest BCUT2D eigenvalue weighted by atomic mass is 16.5.